The van der Waals surface area contributed by atoms with Crippen LogP contribution in [0.5, 0.6) is 0 Å². The molecule has 0 heterocycles. The van der Waals surface area contributed by atoms with Crippen LogP contribution in [-0.2, 0) is 9.53 Å². The lowest BCUT2D eigenvalue weighted by Crippen LogP contribution is -2.15. The first-order valence-electron chi connectivity index (χ1n) is 2.80. The topological polar surface area (TPSA) is 26.3 Å². The second kappa shape index (κ2) is 2.20. The van der Waals surface area contributed by atoms with Crippen LogP contribution in [0.4, 0.5) is 0 Å². The molecule has 1 radical (unpaired) electrons. The lowest BCUT2D eigenvalue weighted by Gasteiger charge is -2.02. The predicted molar refractivity (Wildman–Crippen MR) is 32.4 cm³/mol. The molecular weight excluding hydrogens is 116 g/mol. The Kier molecular flexibility index (Phi) is 1.54. The van der Waals surface area contributed by atoms with E-state index in [0.29, 0.717) is 0 Å². The third-order valence-corrected chi connectivity index (χ3v) is 1.32. The average Bonchev–Trinajstić information content (AvgIpc) is 2.65. The van der Waals surface area contributed by atoms with Crippen molar-refractivity contribution in [2.75, 3.05) is 6.61 Å². The zero-order valence-corrected chi connectivity index (χ0v) is 5.02. The number of hydrogen-bond acceptors (Lipinski definition) is 2. The van der Waals surface area contributed by atoms with Crippen LogP contribution in [0.25, 0.3) is 0 Å². The fourth-order valence-corrected chi connectivity index (χ4v) is 0.569. The Bertz CT molecular complexity index is 151. The van der Waals surface area contributed by atoms with Crippen LogP contribution >= 0.6 is 0 Å². The second-order valence-corrected chi connectivity index (χ2v) is 2.09. The Labute approximate surface area is 54.2 Å². The van der Waals surface area contributed by atoms with Crippen molar-refractivity contribution in [1.82, 2.24) is 0 Å². The number of terminal acetylenes is 1. The molecule has 0 aromatic rings. The summed E-state index contributed by atoms with van der Waals surface area (Å²) in [6.07, 6.45) is 8.28. The Balaban J connectivity index is 2.27. The van der Waals surface area contributed by atoms with Crippen LogP contribution in [-0.4, -0.2) is 18.5 Å². The predicted octanol–water partition coefficient (Wildman–Crippen LogP) is 0.278. The van der Waals surface area contributed by atoms with Gasteiger partial charge in [0.15, 0.2) is 0 Å². The summed E-state index contributed by atoms with van der Waals surface area (Å²) in [6, 6.07) is 0. The minimum Gasteiger partial charge on any atom is -0.354 e. The highest BCUT2D eigenvalue weighted by Gasteiger charge is 2.45. The Morgan fingerprint density at radius 1 is 1.67 bits per heavy atom. The van der Waals surface area contributed by atoms with Gasteiger partial charge in [-0.15, -0.1) is 6.42 Å². The number of rotatable bonds is 3. The van der Waals surface area contributed by atoms with Gasteiger partial charge in [-0.2, -0.15) is 0 Å². The molecule has 2 nitrogen and oxygen atoms in total. The summed E-state index contributed by atoms with van der Waals surface area (Å²) in [5.41, 5.74) is -0.605. The minimum atomic E-state index is -0.605. The van der Waals surface area contributed by atoms with Gasteiger partial charge in [0.05, 0.1) is 0 Å². The average molecular weight is 123 g/mol. The molecule has 0 unspecified atom stereocenters. The molecule has 0 amide bonds. The fraction of sp³-hybridized carbons (Fsp3) is 0.571. The molecule has 0 N–H and O–H groups in total. The Hall–Kier alpha value is -0.810. The summed E-state index contributed by atoms with van der Waals surface area (Å²) < 4.78 is 4.98. The van der Waals surface area contributed by atoms with Crippen molar-refractivity contribution in [3.63, 3.8) is 0 Å². The summed E-state index contributed by atoms with van der Waals surface area (Å²) in [5.74, 6) is 2.30. The van der Waals surface area contributed by atoms with E-state index < -0.39 is 5.60 Å². The van der Waals surface area contributed by atoms with Crippen molar-refractivity contribution in [3.8, 4) is 12.3 Å². The molecule has 0 saturated heterocycles. The molecule has 1 aliphatic rings. The highest BCUT2D eigenvalue weighted by Crippen LogP contribution is 2.36. The van der Waals surface area contributed by atoms with Crippen molar-refractivity contribution in [3.05, 3.63) is 0 Å². The molecule has 47 valence electrons. The quantitative estimate of drug-likeness (QED) is 0.504. The standard InChI is InChI=1S/C7H7O2/c1-2-5-9-7(6-8)3-4-7/h1H,3-5H2. The lowest BCUT2D eigenvalue weighted by atomic mass is 10.4. The summed E-state index contributed by atoms with van der Waals surface area (Å²) in [6.45, 7) is 0.218. The van der Waals surface area contributed by atoms with Crippen LogP contribution < -0.4 is 0 Å². The first kappa shape index (κ1) is 6.31. The molecule has 1 fully saturated rings. The molecule has 1 aliphatic carbocycles. The van der Waals surface area contributed by atoms with E-state index in [4.69, 9.17) is 11.2 Å². The zero-order valence-electron chi connectivity index (χ0n) is 5.02. The molecule has 0 aliphatic heterocycles. The molecular formula is C7H7O2. The van der Waals surface area contributed by atoms with E-state index in [1.54, 1.807) is 0 Å². The second-order valence-electron chi connectivity index (χ2n) is 2.09. The van der Waals surface area contributed by atoms with Gasteiger partial charge in [-0.1, -0.05) is 5.92 Å². The largest absolute Gasteiger partial charge is 0.354 e. The van der Waals surface area contributed by atoms with Crippen molar-refractivity contribution < 1.29 is 9.53 Å². The third kappa shape index (κ3) is 1.30. The maximum absolute atomic E-state index is 10.1. The van der Waals surface area contributed by atoms with Crippen LogP contribution in [0.1, 0.15) is 12.8 Å². The molecule has 1 rings (SSSR count). The number of carbonyl (C=O) groups excluding carboxylic acids is 1. The smallest absolute Gasteiger partial charge is 0.233 e. The van der Waals surface area contributed by atoms with Gasteiger partial charge < -0.3 is 4.74 Å². The first-order chi connectivity index (χ1) is 4.33. The van der Waals surface area contributed by atoms with E-state index in [2.05, 4.69) is 5.92 Å². The van der Waals surface area contributed by atoms with E-state index in [-0.39, 0.29) is 6.61 Å². The Morgan fingerprint density at radius 2 is 2.33 bits per heavy atom. The van der Waals surface area contributed by atoms with Gasteiger partial charge >= 0.3 is 0 Å². The summed E-state index contributed by atoms with van der Waals surface area (Å²) >= 11 is 0. The van der Waals surface area contributed by atoms with Crippen molar-refractivity contribution in [2.45, 2.75) is 18.4 Å². The van der Waals surface area contributed by atoms with Gasteiger partial charge in [-0.25, -0.2) is 0 Å². The highest BCUT2D eigenvalue weighted by molar-refractivity contribution is 5.67. The number of ether oxygens (including phenoxy) is 1. The summed E-state index contributed by atoms with van der Waals surface area (Å²) in [5, 5.41) is 0. The van der Waals surface area contributed by atoms with Crippen molar-refractivity contribution in [2.24, 2.45) is 0 Å². The van der Waals surface area contributed by atoms with E-state index in [1.807, 2.05) is 6.29 Å². The lowest BCUT2D eigenvalue weighted by molar-refractivity contribution is 0.106. The zero-order chi connectivity index (χ0) is 6.74. The van der Waals surface area contributed by atoms with E-state index >= 15 is 0 Å². The van der Waals surface area contributed by atoms with E-state index in [0.717, 1.165) is 12.8 Å². The van der Waals surface area contributed by atoms with Crippen LogP contribution in [0.15, 0.2) is 0 Å². The maximum atomic E-state index is 10.1. The van der Waals surface area contributed by atoms with Gasteiger partial charge in [0, 0.05) is 0 Å². The van der Waals surface area contributed by atoms with Crippen LogP contribution in [0, 0.1) is 12.3 Å². The van der Waals surface area contributed by atoms with Gasteiger partial charge in [-0.3, -0.25) is 4.79 Å². The van der Waals surface area contributed by atoms with Crippen molar-refractivity contribution >= 4 is 6.29 Å². The molecule has 0 spiro atoms. The SMILES string of the molecule is C#CCOC1([C]=O)CC1. The minimum absolute atomic E-state index is 0.218. The fourth-order valence-electron chi connectivity index (χ4n) is 0.569. The molecule has 0 aromatic carbocycles. The first-order valence-corrected chi connectivity index (χ1v) is 2.80. The molecule has 1 saturated carbocycles. The van der Waals surface area contributed by atoms with Crippen LogP contribution in [0.3, 0.4) is 0 Å². The van der Waals surface area contributed by atoms with E-state index in [9.17, 15) is 4.79 Å². The van der Waals surface area contributed by atoms with Crippen molar-refractivity contribution in [1.29, 1.82) is 0 Å². The summed E-state index contributed by atoms with van der Waals surface area (Å²) in [4.78, 5) is 10.1. The Morgan fingerprint density at radius 3 is 2.67 bits per heavy atom. The number of hydrogen-bond donors (Lipinski definition) is 0. The van der Waals surface area contributed by atoms with Gasteiger partial charge in [-0.05, 0) is 12.8 Å². The monoisotopic (exact) mass is 123 g/mol. The van der Waals surface area contributed by atoms with Gasteiger partial charge in [0.2, 0.25) is 6.29 Å². The van der Waals surface area contributed by atoms with Gasteiger partial charge in [0.25, 0.3) is 0 Å². The van der Waals surface area contributed by atoms with E-state index in [1.165, 1.54) is 0 Å². The highest BCUT2D eigenvalue weighted by atomic mass is 16.5. The normalized spacial score (nSPS) is 20.3. The molecule has 0 bridgehead atoms. The molecule has 9 heavy (non-hydrogen) atoms. The van der Waals surface area contributed by atoms with Gasteiger partial charge in [0.1, 0.15) is 12.2 Å². The molecule has 2 heteroatoms. The van der Waals surface area contributed by atoms with Crippen LogP contribution in [0.2, 0.25) is 0 Å². The molecule has 0 aromatic heterocycles. The summed E-state index contributed by atoms with van der Waals surface area (Å²) in [7, 11) is 0. The maximum Gasteiger partial charge on any atom is 0.233 e. The molecule has 0 atom stereocenters. The third-order valence-electron chi connectivity index (χ3n) is 1.32.